The summed E-state index contributed by atoms with van der Waals surface area (Å²) >= 11 is 0. The third kappa shape index (κ3) is 5.64. The van der Waals surface area contributed by atoms with Gasteiger partial charge >= 0.3 is 5.97 Å². The minimum Gasteiger partial charge on any atom is -0.460 e. The number of carbonyl (C=O) groups excluding carboxylic acids is 2. The molecular formula is C29H35N3O3. The molecule has 1 saturated heterocycles. The molecule has 1 unspecified atom stereocenters. The lowest BCUT2D eigenvalue weighted by molar-refractivity contribution is -0.142. The summed E-state index contributed by atoms with van der Waals surface area (Å²) in [5, 5.41) is 0. The predicted molar refractivity (Wildman–Crippen MR) is 140 cm³/mol. The fourth-order valence-corrected chi connectivity index (χ4v) is 4.66. The summed E-state index contributed by atoms with van der Waals surface area (Å²) in [5.74, 6) is 0.571. The molecule has 2 aromatic carbocycles. The topological polar surface area (TPSA) is 85.0 Å². The molecule has 0 radical (unpaired) electrons. The van der Waals surface area contributed by atoms with Gasteiger partial charge in [-0.05, 0) is 67.0 Å². The molecule has 2 aromatic rings. The van der Waals surface area contributed by atoms with E-state index in [0.29, 0.717) is 28.6 Å². The van der Waals surface area contributed by atoms with Gasteiger partial charge in [0.15, 0.2) is 0 Å². The van der Waals surface area contributed by atoms with Gasteiger partial charge in [-0.1, -0.05) is 45.0 Å². The normalized spacial score (nSPS) is 18.0. The molecule has 184 valence electrons. The maximum Gasteiger partial charge on any atom is 0.334 e. The minimum absolute atomic E-state index is 0.0758. The van der Waals surface area contributed by atoms with Crippen LogP contribution >= 0.6 is 0 Å². The summed E-state index contributed by atoms with van der Waals surface area (Å²) in [6.45, 7) is 12.0. The van der Waals surface area contributed by atoms with E-state index >= 15 is 0 Å². The van der Waals surface area contributed by atoms with Crippen molar-refractivity contribution in [3.63, 3.8) is 0 Å². The molecule has 6 nitrogen and oxygen atoms in total. The number of fused-ring (bicyclic) bond motifs is 1. The maximum atomic E-state index is 13.2. The molecule has 4 rings (SSSR count). The number of ether oxygens (including phenoxy) is 1. The number of hydrogen-bond donors (Lipinski definition) is 1. The first-order valence-electron chi connectivity index (χ1n) is 12.3. The number of likely N-dealkylation sites (tertiary alicyclic amines) is 1. The Morgan fingerprint density at radius 2 is 1.86 bits per heavy atom. The van der Waals surface area contributed by atoms with Crippen molar-refractivity contribution in [3.05, 3.63) is 59.2 Å². The van der Waals surface area contributed by atoms with E-state index < -0.39 is 0 Å². The highest BCUT2D eigenvalue weighted by molar-refractivity contribution is 6.03. The minimum atomic E-state index is -0.378. The largest absolute Gasteiger partial charge is 0.460 e. The number of carbonyl (C=O) groups is 2. The quantitative estimate of drug-likeness (QED) is 0.587. The van der Waals surface area contributed by atoms with Gasteiger partial charge in [0.05, 0.1) is 11.8 Å². The van der Waals surface area contributed by atoms with Crippen LogP contribution in [0.3, 0.4) is 0 Å². The van der Waals surface area contributed by atoms with Crippen molar-refractivity contribution in [2.24, 2.45) is 22.1 Å². The highest BCUT2D eigenvalue weighted by Crippen LogP contribution is 2.35. The van der Waals surface area contributed by atoms with E-state index in [1.165, 1.54) is 0 Å². The van der Waals surface area contributed by atoms with Crippen LogP contribution in [-0.4, -0.2) is 41.8 Å². The monoisotopic (exact) mass is 473 g/mol. The molecule has 2 N–H and O–H groups in total. The molecule has 1 fully saturated rings. The molecule has 0 saturated carbocycles. The summed E-state index contributed by atoms with van der Waals surface area (Å²) in [5.41, 5.74) is 10.9. The maximum absolute atomic E-state index is 13.2. The second-order valence-corrected chi connectivity index (χ2v) is 10.9. The lowest BCUT2D eigenvalue weighted by atomic mass is 9.80. The van der Waals surface area contributed by atoms with Crippen LogP contribution in [0.15, 0.2) is 53.0 Å². The van der Waals surface area contributed by atoms with Crippen LogP contribution in [0.25, 0.3) is 17.2 Å². The van der Waals surface area contributed by atoms with E-state index in [2.05, 4.69) is 25.8 Å². The first-order chi connectivity index (χ1) is 16.5. The molecule has 2 aliphatic rings. The smallest absolute Gasteiger partial charge is 0.334 e. The first kappa shape index (κ1) is 24.7. The molecular weight excluding hydrogens is 438 g/mol. The zero-order valence-corrected chi connectivity index (χ0v) is 21.3. The van der Waals surface area contributed by atoms with E-state index in [9.17, 15) is 9.59 Å². The number of nitrogens with zero attached hydrogens (tertiary/aromatic N) is 2. The van der Waals surface area contributed by atoms with Gasteiger partial charge in [-0.25, -0.2) is 9.79 Å². The second kappa shape index (κ2) is 9.68. The van der Waals surface area contributed by atoms with Crippen molar-refractivity contribution in [2.45, 2.75) is 53.6 Å². The van der Waals surface area contributed by atoms with E-state index in [1.54, 1.807) is 6.08 Å². The van der Waals surface area contributed by atoms with Crippen LogP contribution < -0.4 is 5.73 Å². The molecule has 2 aliphatic heterocycles. The van der Waals surface area contributed by atoms with Crippen molar-refractivity contribution < 1.29 is 14.3 Å². The number of aliphatic imine (C=N–C) groups is 1. The Kier molecular flexibility index (Phi) is 6.84. The number of benzene rings is 2. The highest BCUT2D eigenvalue weighted by Gasteiger charge is 2.34. The first-order valence-corrected chi connectivity index (χ1v) is 12.3. The Hall–Kier alpha value is -3.41. The van der Waals surface area contributed by atoms with Crippen molar-refractivity contribution in [3.8, 4) is 11.1 Å². The van der Waals surface area contributed by atoms with Gasteiger partial charge in [0.25, 0.3) is 5.91 Å². The van der Waals surface area contributed by atoms with Gasteiger partial charge < -0.3 is 15.4 Å². The fraction of sp³-hybridized carbons (Fsp3) is 0.414. The van der Waals surface area contributed by atoms with Crippen molar-refractivity contribution >= 4 is 29.5 Å². The average molecular weight is 474 g/mol. The summed E-state index contributed by atoms with van der Waals surface area (Å²) in [7, 11) is 0. The van der Waals surface area contributed by atoms with Gasteiger partial charge in [0, 0.05) is 36.2 Å². The Labute approximate surface area is 207 Å². The average Bonchev–Trinajstić information content (AvgIpc) is 3.23. The van der Waals surface area contributed by atoms with Gasteiger partial charge in [-0.2, -0.15) is 0 Å². The van der Waals surface area contributed by atoms with Crippen LogP contribution in [-0.2, 0) is 9.53 Å². The number of rotatable bonds is 4. The van der Waals surface area contributed by atoms with E-state index in [-0.39, 0.29) is 29.8 Å². The van der Waals surface area contributed by atoms with Crippen molar-refractivity contribution in [2.75, 3.05) is 13.1 Å². The lowest BCUT2D eigenvalue weighted by Crippen LogP contribution is -2.31. The number of esters is 1. The number of hydrogen-bond acceptors (Lipinski definition) is 5. The Morgan fingerprint density at radius 3 is 2.54 bits per heavy atom. The molecule has 1 amide bonds. The third-order valence-corrected chi connectivity index (χ3v) is 6.74. The summed E-state index contributed by atoms with van der Waals surface area (Å²) < 4.78 is 5.35. The fourth-order valence-electron chi connectivity index (χ4n) is 4.66. The molecule has 2 heterocycles. The molecule has 0 bridgehead atoms. The second-order valence-electron chi connectivity index (χ2n) is 10.9. The highest BCUT2D eigenvalue weighted by atomic mass is 16.5. The molecule has 0 aliphatic carbocycles. The van der Waals surface area contributed by atoms with E-state index in [4.69, 9.17) is 10.5 Å². The van der Waals surface area contributed by atoms with Crippen LogP contribution in [0, 0.1) is 11.3 Å². The standard InChI is InChI=1S/C29H35N3O3/c1-18(2)35-28(34)23-14-21-10-9-20(15-25(21)31-26(30)16-23)19-7-6-8-22(13-19)27(33)32-12-11-24(17-32)29(3,4)5/h6-10,13-15,18,24H,11-12,16-17H2,1-5H3,(H2,30,31). The zero-order chi connectivity index (χ0) is 25.3. The van der Waals surface area contributed by atoms with E-state index in [1.807, 2.05) is 61.2 Å². The molecule has 0 aromatic heterocycles. The number of amidine groups is 1. The summed E-state index contributed by atoms with van der Waals surface area (Å²) in [6, 6.07) is 13.6. The van der Waals surface area contributed by atoms with Crippen LogP contribution in [0.2, 0.25) is 0 Å². The molecule has 6 heteroatoms. The van der Waals surface area contributed by atoms with E-state index in [0.717, 1.165) is 36.2 Å². The summed E-state index contributed by atoms with van der Waals surface area (Å²) in [6.07, 6.45) is 2.87. The van der Waals surface area contributed by atoms with Crippen LogP contribution in [0.4, 0.5) is 5.69 Å². The van der Waals surface area contributed by atoms with Gasteiger partial charge in [-0.3, -0.25) is 4.79 Å². The number of amides is 1. The SMILES string of the molecule is CC(C)OC(=O)C1=Cc2ccc(-c3cccc(C(=O)N4CCC(C(C)(C)C)C4)c3)cc2N=C(N)C1. The lowest BCUT2D eigenvalue weighted by Gasteiger charge is -2.27. The molecule has 35 heavy (non-hydrogen) atoms. The Morgan fingerprint density at radius 1 is 1.11 bits per heavy atom. The van der Waals surface area contributed by atoms with Gasteiger partial charge in [-0.15, -0.1) is 0 Å². The third-order valence-electron chi connectivity index (χ3n) is 6.74. The molecule has 1 atom stereocenters. The molecule has 0 spiro atoms. The van der Waals surface area contributed by atoms with Gasteiger partial charge in [0.2, 0.25) is 0 Å². The summed E-state index contributed by atoms with van der Waals surface area (Å²) in [4.78, 5) is 32.2. The predicted octanol–water partition coefficient (Wildman–Crippen LogP) is 5.59. The van der Waals surface area contributed by atoms with Gasteiger partial charge in [0.1, 0.15) is 5.84 Å². The Balaban J connectivity index is 1.59. The van der Waals surface area contributed by atoms with Crippen LogP contribution in [0.5, 0.6) is 0 Å². The Bertz CT molecular complexity index is 1200. The van der Waals surface area contributed by atoms with Crippen LogP contribution in [0.1, 0.15) is 63.4 Å². The zero-order valence-electron chi connectivity index (χ0n) is 21.3. The van der Waals surface area contributed by atoms with Crippen molar-refractivity contribution in [1.29, 1.82) is 0 Å². The number of nitrogens with two attached hydrogens (primary N) is 1. The van der Waals surface area contributed by atoms with Crippen molar-refractivity contribution in [1.82, 2.24) is 4.90 Å².